The molecule has 2 aromatic rings. The molecule has 0 bridgehead atoms. The molecule has 0 aliphatic heterocycles. The minimum atomic E-state index is -3.70. The number of carbonyl (C=O) groups is 1. The zero-order valence-electron chi connectivity index (χ0n) is 15.6. The third-order valence-electron chi connectivity index (χ3n) is 3.93. The molecule has 0 heterocycles. The average molecular weight is 375 g/mol. The fourth-order valence-electron chi connectivity index (χ4n) is 2.33. The predicted octanol–water partition coefficient (Wildman–Crippen LogP) is 4.00. The van der Waals surface area contributed by atoms with Gasteiger partial charge in [0.1, 0.15) is 0 Å². The number of amides is 1. The van der Waals surface area contributed by atoms with Crippen LogP contribution in [0.25, 0.3) is 0 Å². The van der Waals surface area contributed by atoms with Gasteiger partial charge in [-0.1, -0.05) is 39.8 Å². The van der Waals surface area contributed by atoms with Crippen molar-refractivity contribution in [3.63, 3.8) is 0 Å². The number of carbonyl (C=O) groups excluding carboxylic acids is 1. The number of rotatable bonds is 7. The minimum Gasteiger partial charge on any atom is -0.352 e. The van der Waals surface area contributed by atoms with Crippen LogP contribution in [0.2, 0.25) is 0 Å². The van der Waals surface area contributed by atoms with E-state index in [0.717, 1.165) is 5.56 Å². The van der Waals surface area contributed by atoms with E-state index in [1.54, 1.807) is 12.1 Å². The maximum absolute atomic E-state index is 12.5. The maximum atomic E-state index is 12.5. The summed E-state index contributed by atoms with van der Waals surface area (Å²) >= 11 is 0. The number of hydrogen-bond donors (Lipinski definition) is 2. The molecule has 2 aromatic carbocycles. The van der Waals surface area contributed by atoms with Crippen LogP contribution in [0.5, 0.6) is 0 Å². The van der Waals surface area contributed by atoms with Gasteiger partial charge in [-0.15, -0.1) is 0 Å². The second kappa shape index (κ2) is 8.36. The second-order valence-electron chi connectivity index (χ2n) is 7.01. The van der Waals surface area contributed by atoms with Crippen LogP contribution in [-0.2, 0) is 10.0 Å². The van der Waals surface area contributed by atoms with E-state index in [1.807, 2.05) is 26.0 Å². The third-order valence-corrected chi connectivity index (χ3v) is 5.32. The van der Waals surface area contributed by atoms with Crippen molar-refractivity contribution in [3.8, 4) is 0 Å². The van der Waals surface area contributed by atoms with E-state index in [-0.39, 0.29) is 10.8 Å². The Kier molecular flexibility index (Phi) is 6.42. The molecule has 2 N–H and O–H groups in total. The van der Waals surface area contributed by atoms with Crippen LogP contribution in [0.4, 0.5) is 5.69 Å². The van der Waals surface area contributed by atoms with Gasteiger partial charge in [0.05, 0.1) is 4.90 Å². The summed E-state index contributed by atoms with van der Waals surface area (Å²) in [4.78, 5) is 12.1. The zero-order valence-corrected chi connectivity index (χ0v) is 16.4. The molecular formula is C20H26N2O3S. The Morgan fingerprint density at radius 3 is 2.00 bits per heavy atom. The normalized spacial score (nSPS) is 11.6. The summed E-state index contributed by atoms with van der Waals surface area (Å²) in [5.74, 6) is 0.528. The number of hydrogen-bond acceptors (Lipinski definition) is 3. The lowest BCUT2D eigenvalue weighted by Crippen LogP contribution is -2.27. The summed E-state index contributed by atoms with van der Waals surface area (Å²) < 4.78 is 27.6. The lowest BCUT2D eigenvalue weighted by Gasteiger charge is -2.11. The molecule has 5 nitrogen and oxygen atoms in total. The molecule has 0 atom stereocenters. The molecule has 0 fully saturated rings. The summed E-state index contributed by atoms with van der Waals surface area (Å²) in [6.07, 6.45) is 0. The Labute approximate surface area is 155 Å². The smallest absolute Gasteiger partial charge is 0.261 e. The van der Waals surface area contributed by atoms with Crippen molar-refractivity contribution in [2.75, 3.05) is 11.3 Å². The molecule has 0 aliphatic carbocycles. The fourth-order valence-corrected chi connectivity index (χ4v) is 3.39. The highest BCUT2D eigenvalue weighted by Crippen LogP contribution is 2.20. The van der Waals surface area contributed by atoms with E-state index in [2.05, 4.69) is 23.9 Å². The summed E-state index contributed by atoms with van der Waals surface area (Å²) in [5.41, 5.74) is 2.09. The lowest BCUT2D eigenvalue weighted by molar-refractivity contribution is 0.0949. The van der Waals surface area contributed by atoms with Crippen LogP contribution in [-0.4, -0.2) is 20.9 Å². The van der Waals surface area contributed by atoms with Crippen LogP contribution in [0.3, 0.4) is 0 Å². The van der Waals surface area contributed by atoms with E-state index in [9.17, 15) is 13.2 Å². The van der Waals surface area contributed by atoms with Crippen molar-refractivity contribution in [3.05, 3.63) is 59.7 Å². The Morgan fingerprint density at radius 2 is 1.50 bits per heavy atom. The van der Waals surface area contributed by atoms with Crippen LogP contribution >= 0.6 is 0 Å². The van der Waals surface area contributed by atoms with Gasteiger partial charge in [0.15, 0.2) is 0 Å². The summed E-state index contributed by atoms with van der Waals surface area (Å²) in [7, 11) is -3.70. The van der Waals surface area contributed by atoms with Gasteiger partial charge in [0, 0.05) is 17.8 Å². The first kappa shape index (κ1) is 20.0. The molecule has 6 heteroatoms. The summed E-state index contributed by atoms with van der Waals surface area (Å²) in [6.45, 7) is 8.76. The van der Waals surface area contributed by atoms with Gasteiger partial charge in [-0.2, -0.15) is 0 Å². The van der Waals surface area contributed by atoms with E-state index in [0.29, 0.717) is 29.6 Å². The fraction of sp³-hybridized carbons (Fsp3) is 0.350. The summed E-state index contributed by atoms with van der Waals surface area (Å²) in [6, 6.07) is 13.2. The van der Waals surface area contributed by atoms with E-state index >= 15 is 0 Å². The van der Waals surface area contributed by atoms with Gasteiger partial charge < -0.3 is 5.32 Å². The molecule has 26 heavy (non-hydrogen) atoms. The van der Waals surface area contributed by atoms with Crippen molar-refractivity contribution < 1.29 is 13.2 Å². The van der Waals surface area contributed by atoms with Gasteiger partial charge in [-0.05, 0) is 53.8 Å². The highest BCUT2D eigenvalue weighted by molar-refractivity contribution is 7.92. The number of benzene rings is 2. The highest BCUT2D eigenvalue weighted by Gasteiger charge is 2.15. The van der Waals surface area contributed by atoms with Crippen molar-refractivity contribution in [1.82, 2.24) is 5.32 Å². The van der Waals surface area contributed by atoms with E-state index in [4.69, 9.17) is 0 Å². The highest BCUT2D eigenvalue weighted by atomic mass is 32.2. The van der Waals surface area contributed by atoms with Crippen molar-refractivity contribution in [1.29, 1.82) is 0 Å². The van der Waals surface area contributed by atoms with Gasteiger partial charge >= 0.3 is 0 Å². The molecule has 0 saturated carbocycles. The molecule has 1 amide bonds. The topological polar surface area (TPSA) is 75.3 Å². The molecule has 0 unspecified atom stereocenters. The molecule has 140 valence electrons. The van der Waals surface area contributed by atoms with Crippen LogP contribution < -0.4 is 10.0 Å². The zero-order chi connectivity index (χ0) is 19.3. The largest absolute Gasteiger partial charge is 0.352 e. The first-order chi connectivity index (χ1) is 12.2. The predicted molar refractivity (Wildman–Crippen MR) is 105 cm³/mol. The van der Waals surface area contributed by atoms with Crippen LogP contribution in [0, 0.1) is 5.92 Å². The molecule has 0 aliphatic rings. The number of anilines is 1. The first-order valence-corrected chi connectivity index (χ1v) is 10.2. The molecule has 0 radical (unpaired) electrons. The van der Waals surface area contributed by atoms with E-state index in [1.165, 1.54) is 24.3 Å². The maximum Gasteiger partial charge on any atom is 0.261 e. The average Bonchev–Trinajstić information content (AvgIpc) is 2.60. The van der Waals surface area contributed by atoms with Gasteiger partial charge in [-0.25, -0.2) is 8.42 Å². The van der Waals surface area contributed by atoms with Crippen LogP contribution in [0.1, 0.15) is 49.5 Å². The standard InChI is InChI=1S/C20H26N2O3S/c1-14(2)13-21-20(23)17-7-11-19(12-8-17)26(24,25)22-18-9-5-16(6-10-18)15(3)4/h5-12,14-15,22H,13H2,1-4H3,(H,21,23). The SMILES string of the molecule is CC(C)CNC(=O)c1ccc(S(=O)(=O)Nc2ccc(C(C)C)cc2)cc1. The Hall–Kier alpha value is -2.34. The quantitative estimate of drug-likeness (QED) is 0.769. The molecule has 0 saturated heterocycles. The van der Waals surface area contributed by atoms with Gasteiger partial charge in [0.2, 0.25) is 0 Å². The van der Waals surface area contributed by atoms with E-state index < -0.39 is 10.0 Å². The van der Waals surface area contributed by atoms with Crippen molar-refractivity contribution in [2.45, 2.75) is 38.5 Å². The van der Waals surface area contributed by atoms with Gasteiger partial charge in [-0.3, -0.25) is 9.52 Å². The number of sulfonamides is 1. The lowest BCUT2D eigenvalue weighted by atomic mass is 10.0. The molecule has 0 spiro atoms. The summed E-state index contributed by atoms with van der Waals surface area (Å²) in [5, 5.41) is 2.81. The monoisotopic (exact) mass is 374 g/mol. The Morgan fingerprint density at radius 1 is 0.923 bits per heavy atom. The second-order valence-corrected chi connectivity index (χ2v) is 8.69. The van der Waals surface area contributed by atoms with Gasteiger partial charge in [0.25, 0.3) is 15.9 Å². The number of nitrogens with one attached hydrogen (secondary N) is 2. The Bertz CT molecular complexity index is 840. The van der Waals surface area contributed by atoms with Crippen molar-refractivity contribution >= 4 is 21.6 Å². The first-order valence-electron chi connectivity index (χ1n) is 8.70. The molecular weight excluding hydrogens is 348 g/mol. The third kappa shape index (κ3) is 5.33. The molecule has 2 rings (SSSR count). The van der Waals surface area contributed by atoms with Crippen molar-refractivity contribution in [2.24, 2.45) is 5.92 Å². The molecule has 0 aromatic heterocycles. The minimum absolute atomic E-state index is 0.117. The van der Waals surface area contributed by atoms with Crippen LogP contribution in [0.15, 0.2) is 53.4 Å². The Balaban J connectivity index is 2.10.